The molecule has 1 aromatic carbocycles. The van der Waals surface area contributed by atoms with Crippen LogP contribution in [-0.4, -0.2) is 47.9 Å². The van der Waals surface area contributed by atoms with Gasteiger partial charge in [0.15, 0.2) is 5.78 Å². The van der Waals surface area contributed by atoms with E-state index in [0.717, 1.165) is 48.5 Å². The number of benzene rings is 1. The van der Waals surface area contributed by atoms with E-state index in [2.05, 4.69) is 35.8 Å². The van der Waals surface area contributed by atoms with E-state index >= 15 is 0 Å². The van der Waals surface area contributed by atoms with Gasteiger partial charge in [-0.3, -0.25) is 9.69 Å². The lowest BCUT2D eigenvalue weighted by molar-refractivity contribution is 0.101. The molecule has 3 rings (SSSR count). The van der Waals surface area contributed by atoms with E-state index in [-0.39, 0.29) is 5.78 Å². The van der Waals surface area contributed by atoms with Crippen LogP contribution in [0.3, 0.4) is 0 Å². The average molecular weight is 297 g/mol. The van der Waals surface area contributed by atoms with Gasteiger partial charge in [-0.15, -0.1) is 0 Å². The number of pyridine rings is 1. The number of nitrogens with zero attached hydrogens (tertiary/aromatic N) is 3. The van der Waals surface area contributed by atoms with E-state index in [1.807, 2.05) is 18.2 Å². The highest BCUT2D eigenvalue weighted by molar-refractivity contribution is 5.98. The van der Waals surface area contributed by atoms with Crippen molar-refractivity contribution in [3.8, 4) is 0 Å². The average Bonchev–Trinajstić information content (AvgIpc) is 2.54. The van der Waals surface area contributed by atoms with Crippen LogP contribution in [0.25, 0.3) is 10.9 Å². The number of anilines is 1. The molecule has 0 bridgehead atoms. The third kappa shape index (κ3) is 2.97. The molecule has 2 heterocycles. The molecule has 4 nitrogen and oxygen atoms in total. The fourth-order valence-electron chi connectivity index (χ4n) is 2.98. The highest BCUT2D eigenvalue weighted by Crippen LogP contribution is 2.21. The zero-order valence-electron chi connectivity index (χ0n) is 13.5. The number of piperazine rings is 1. The molecule has 0 saturated carbocycles. The van der Waals surface area contributed by atoms with Gasteiger partial charge in [0.1, 0.15) is 5.82 Å². The molecule has 116 valence electrons. The predicted molar refractivity (Wildman–Crippen MR) is 90.7 cm³/mol. The van der Waals surface area contributed by atoms with Crippen LogP contribution >= 0.6 is 0 Å². The van der Waals surface area contributed by atoms with Gasteiger partial charge in [-0.1, -0.05) is 0 Å². The SMILES string of the molecule is CC(=O)c1ccc2nc(N3CCN(C(C)C)CC3)ccc2c1. The molecular weight excluding hydrogens is 274 g/mol. The lowest BCUT2D eigenvalue weighted by Crippen LogP contribution is -2.49. The van der Waals surface area contributed by atoms with Gasteiger partial charge in [0.25, 0.3) is 0 Å². The Labute approximate surface area is 131 Å². The first-order valence-corrected chi connectivity index (χ1v) is 7.95. The molecule has 0 atom stereocenters. The summed E-state index contributed by atoms with van der Waals surface area (Å²) in [5.74, 6) is 1.13. The summed E-state index contributed by atoms with van der Waals surface area (Å²) in [6.07, 6.45) is 0. The Morgan fingerprint density at radius 2 is 1.82 bits per heavy atom. The van der Waals surface area contributed by atoms with Gasteiger partial charge in [0.2, 0.25) is 0 Å². The van der Waals surface area contributed by atoms with Crippen molar-refractivity contribution < 1.29 is 4.79 Å². The Bertz CT molecular complexity index is 688. The van der Waals surface area contributed by atoms with Crippen LogP contribution in [0.15, 0.2) is 30.3 Å². The summed E-state index contributed by atoms with van der Waals surface area (Å²) in [6, 6.07) is 10.5. The Kier molecular flexibility index (Phi) is 4.12. The molecule has 1 saturated heterocycles. The van der Waals surface area contributed by atoms with Gasteiger partial charge in [-0.05, 0) is 51.1 Å². The van der Waals surface area contributed by atoms with Crippen LogP contribution in [0.1, 0.15) is 31.1 Å². The number of ketones is 1. The normalized spacial score (nSPS) is 16.5. The molecular formula is C18H23N3O. The third-order valence-electron chi connectivity index (χ3n) is 4.45. The fourth-order valence-corrected chi connectivity index (χ4v) is 2.98. The topological polar surface area (TPSA) is 36.4 Å². The number of hydrogen-bond donors (Lipinski definition) is 0. The van der Waals surface area contributed by atoms with Crippen LogP contribution in [0, 0.1) is 0 Å². The smallest absolute Gasteiger partial charge is 0.159 e. The summed E-state index contributed by atoms with van der Waals surface area (Å²) in [5.41, 5.74) is 1.70. The number of rotatable bonds is 3. The lowest BCUT2D eigenvalue weighted by Gasteiger charge is -2.37. The van der Waals surface area contributed by atoms with E-state index in [1.54, 1.807) is 6.92 Å². The zero-order chi connectivity index (χ0) is 15.7. The number of Topliss-reactive ketones (excluding diaryl/α,β-unsaturated/α-hetero) is 1. The van der Waals surface area contributed by atoms with Gasteiger partial charge in [0.05, 0.1) is 5.52 Å². The van der Waals surface area contributed by atoms with E-state index in [0.29, 0.717) is 6.04 Å². The van der Waals surface area contributed by atoms with Gasteiger partial charge in [-0.2, -0.15) is 0 Å². The van der Waals surface area contributed by atoms with Crippen molar-refractivity contribution in [3.05, 3.63) is 35.9 Å². The molecule has 2 aromatic rings. The number of carbonyl (C=O) groups is 1. The summed E-state index contributed by atoms with van der Waals surface area (Å²) < 4.78 is 0. The quantitative estimate of drug-likeness (QED) is 0.816. The highest BCUT2D eigenvalue weighted by atomic mass is 16.1. The fraction of sp³-hybridized carbons (Fsp3) is 0.444. The maximum absolute atomic E-state index is 11.5. The molecule has 0 spiro atoms. The lowest BCUT2D eigenvalue weighted by atomic mass is 10.1. The maximum atomic E-state index is 11.5. The van der Waals surface area contributed by atoms with Gasteiger partial charge >= 0.3 is 0 Å². The first-order valence-electron chi connectivity index (χ1n) is 7.95. The summed E-state index contributed by atoms with van der Waals surface area (Å²) in [4.78, 5) is 21.1. The summed E-state index contributed by atoms with van der Waals surface area (Å²) >= 11 is 0. The number of fused-ring (bicyclic) bond motifs is 1. The van der Waals surface area contributed by atoms with Crippen LogP contribution < -0.4 is 4.90 Å². The summed E-state index contributed by atoms with van der Waals surface area (Å²) in [6.45, 7) is 10.3. The predicted octanol–water partition coefficient (Wildman–Crippen LogP) is 2.97. The van der Waals surface area contributed by atoms with Crippen molar-refractivity contribution in [2.45, 2.75) is 26.8 Å². The van der Waals surface area contributed by atoms with Crippen molar-refractivity contribution in [1.29, 1.82) is 0 Å². The van der Waals surface area contributed by atoms with E-state index < -0.39 is 0 Å². The molecule has 0 N–H and O–H groups in total. The second-order valence-electron chi connectivity index (χ2n) is 6.25. The Hall–Kier alpha value is -1.94. The van der Waals surface area contributed by atoms with Gasteiger partial charge in [0, 0.05) is 43.2 Å². The molecule has 22 heavy (non-hydrogen) atoms. The molecule has 1 fully saturated rings. The van der Waals surface area contributed by atoms with Crippen molar-refractivity contribution in [1.82, 2.24) is 9.88 Å². The molecule has 4 heteroatoms. The molecule has 0 amide bonds. The first kappa shape index (κ1) is 15.0. The zero-order valence-corrected chi connectivity index (χ0v) is 13.5. The number of hydrogen-bond acceptors (Lipinski definition) is 4. The highest BCUT2D eigenvalue weighted by Gasteiger charge is 2.19. The molecule has 0 unspecified atom stereocenters. The van der Waals surface area contributed by atoms with E-state index in [4.69, 9.17) is 4.98 Å². The van der Waals surface area contributed by atoms with Crippen molar-refractivity contribution in [3.63, 3.8) is 0 Å². The van der Waals surface area contributed by atoms with Crippen LogP contribution in [0.4, 0.5) is 5.82 Å². The summed E-state index contributed by atoms with van der Waals surface area (Å²) in [7, 11) is 0. The Morgan fingerprint density at radius 3 is 2.45 bits per heavy atom. The minimum atomic E-state index is 0.0933. The van der Waals surface area contributed by atoms with E-state index in [9.17, 15) is 4.79 Å². The van der Waals surface area contributed by atoms with Gasteiger partial charge < -0.3 is 4.90 Å². The second kappa shape index (κ2) is 6.05. The Balaban J connectivity index is 1.81. The molecule has 1 aliphatic rings. The van der Waals surface area contributed by atoms with Gasteiger partial charge in [-0.25, -0.2) is 4.98 Å². The molecule has 1 aromatic heterocycles. The van der Waals surface area contributed by atoms with E-state index in [1.165, 1.54) is 0 Å². The Morgan fingerprint density at radius 1 is 1.09 bits per heavy atom. The minimum absolute atomic E-state index is 0.0933. The summed E-state index contributed by atoms with van der Waals surface area (Å²) in [5, 5.41) is 1.03. The second-order valence-corrected chi connectivity index (χ2v) is 6.25. The van der Waals surface area contributed by atoms with Crippen LogP contribution in [-0.2, 0) is 0 Å². The van der Waals surface area contributed by atoms with Crippen LogP contribution in [0.5, 0.6) is 0 Å². The molecule has 1 aliphatic heterocycles. The molecule has 0 aliphatic carbocycles. The monoisotopic (exact) mass is 297 g/mol. The third-order valence-corrected chi connectivity index (χ3v) is 4.45. The number of carbonyl (C=O) groups excluding carboxylic acids is 1. The molecule has 0 radical (unpaired) electrons. The largest absolute Gasteiger partial charge is 0.354 e. The van der Waals surface area contributed by atoms with Crippen molar-refractivity contribution in [2.24, 2.45) is 0 Å². The first-order chi connectivity index (χ1) is 10.5. The minimum Gasteiger partial charge on any atom is -0.354 e. The van der Waals surface area contributed by atoms with Crippen molar-refractivity contribution >= 4 is 22.5 Å². The number of aromatic nitrogens is 1. The standard InChI is InChI=1S/C18H23N3O/c1-13(2)20-8-10-21(11-9-20)18-7-5-16-12-15(14(3)22)4-6-17(16)19-18/h4-7,12-13H,8-11H2,1-3H3. The van der Waals surface area contributed by atoms with Crippen LogP contribution in [0.2, 0.25) is 0 Å². The van der Waals surface area contributed by atoms with Crippen molar-refractivity contribution in [2.75, 3.05) is 31.1 Å². The maximum Gasteiger partial charge on any atom is 0.159 e.